The fourth-order valence-corrected chi connectivity index (χ4v) is 9.17. The minimum Gasteiger partial charge on any atom is -0.379 e. The molecule has 11 heteroatoms. The largest absolute Gasteiger partial charge is 0.379 e. The Bertz CT molecular complexity index is 1390. The highest BCUT2D eigenvalue weighted by Gasteiger charge is 2.45. The summed E-state index contributed by atoms with van der Waals surface area (Å²) < 4.78 is 17.6. The number of nitrogens with zero attached hydrogens (tertiary/aromatic N) is 7. The lowest BCUT2D eigenvalue weighted by Gasteiger charge is -2.46. The Morgan fingerprint density at radius 3 is 2.44 bits per heavy atom. The van der Waals surface area contributed by atoms with Crippen molar-refractivity contribution < 1.29 is 4.74 Å². The molecule has 1 saturated heterocycles. The first-order valence-electron chi connectivity index (χ1n) is 11.7. The Hall–Kier alpha value is -2.66. The SMILES string of the molecule is Cc1nn(CCC#N)c2c1[P@@](=Nc1c(Cl)cccc1Cl)(N1CCOCC1)N(C)C(c1ccccc1)=N2. The van der Waals surface area contributed by atoms with Gasteiger partial charge in [-0.1, -0.05) is 59.6 Å². The Morgan fingerprint density at radius 1 is 1.08 bits per heavy atom. The Balaban J connectivity index is 1.88. The molecule has 0 radical (unpaired) electrons. The normalized spacial score (nSPS) is 20.0. The second kappa shape index (κ2) is 10.4. The van der Waals surface area contributed by atoms with Gasteiger partial charge in [0.25, 0.3) is 0 Å². The molecular weight excluding hydrogens is 516 g/mol. The average Bonchev–Trinajstić information content (AvgIpc) is 3.22. The molecule has 3 aromatic rings. The van der Waals surface area contributed by atoms with E-state index >= 15 is 0 Å². The third-order valence-corrected chi connectivity index (χ3v) is 10.8. The first kappa shape index (κ1) is 25.0. The molecular formula is C25H26Cl2N7OP. The lowest BCUT2D eigenvalue weighted by molar-refractivity contribution is 0.0732. The number of nitriles is 1. The molecule has 5 rings (SSSR count). The number of aromatic nitrogens is 2. The van der Waals surface area contributed by atoms with Gasteiger partial charge in [0.15, 0.2) is 13.2 Å². The van der Waals surface area contributed by atoms with Gasteiger partial charge >= 0.3 is 0 Å². The van der Waals surface area contributed by atoms with Gasteiger partial charge in [-0.25, -0.2) is 19.1 Å². The van der Waals surface area contributed by atoms with Crippen LogP contribution in [0.5, 0.6) is 0 Å². The summed E-state index contributed by atoms with van der Waals surface area (Å²) in [5, 5.41) is 16.1. The summed E-state index contributed by atoms with van der Waals surface area (Å²) in [5.41, 5.74) is 2.35. The monoisotopic (exact) mass is 541 g/mol. The zero-order valence-corrected chi connectivity index (χ0v) is 22.5. The zero-order valence-electron chi connectivity index (χ0n) is 20.1. The van der Waals surface area contributed by atoms with E-state index in [0.29, 0.717) is 55.0 Å². The van der Waals surface area contributed by atoms with E-state index in [4.69, 9.17) is 42.8 Å². The summed E-state index contributed by atoms with van der Waals surface area (Å²) in [5.74, 6) is 1.51. The van der Waals surface area contributed by atoms with Gasteiger partial charge in [-0.3, -0.25) is 0 Å². The topological polar surface area (TPSA) is 82.0 Å². The second-order valence-corrected chi connectivity index (χ2v) is 12.3. The summed E-state index contributed by atoms with van der Waals surface area (Å²) in [6.07, 6.45) is 0.329. The quantitative estimate of drug-likeness (QED) is 0.383. The molecule has 0 spiro atoms. The third-order valence-electron chi connectivity index (χ3n) is 6.33. The van der Waals surface area contributed by atoms with Crippen molar-refractivity contribution >= 4 is 53.2 Å². The summed E-state index contributed by atoms with van der Waals surface area (Å²) in [6.45, 7) is 4.99. The number of benzene rings is 2. The van der Waals surface area contributed by atoms with E-state index in [9.17, 15) is 5.26 Å². The van der Waals surface area contributed by atoms with Gasteiger partial charge in [-0.05, 0) is 19.1 Å². The number of rotatable bonds is 5. The number of hydrogen-bond donors (Lipinski definition) is 0. The van der Waals surface area contributed by atoms with Crippen molar-refractivity contribution in [2.75, 3.05) is 33.4 Å². The number of aliphatic imine (C=N–C) groups is 1. The van der Waals surface area contributed by atoms with Gasteiger partial charge in [0.1, 0.15) is 11.5 Å². The summed E-state index contributed by atoms with van der Waals surface area (Å²) in [6, 6.07) is 17.7. The number of halogens is 2. The van der Waals surface area contributed by atoms with Crippen molar-refractivity contribution in [1.29, 1.82) is 5.26 Å². The fourth-order valence-electron chi connectivity index (χ4n) is 4.69. The van der Waals surface area contributed by atoms with Crippen molar-refractivity contribution in [1.82, 2.24) is 19.1 Å². The van der Waals surface area contributed by atoms with E-state index in [-0.39, 0.29) is 0 Å². The van der Waals surface area contributed by atoms with Gasteiger partial charge in [0.2, 0.25) is 0 Å². The molecule has 0 saturated carbocycles. The third kappa shape index (κ3) is 4.26. The van der Waals surface area contributed by atoms with Crippen molar-refractivity contribution in [3.8, 4) is 6.07 Å². The van der Waals surface area contributed by atoms with Crippen molar-refractivity contribution in [3.63, 3.8) is 0 Å². The van der Waals surface area contributed by atoms with E-state index < -0.39 is 7.36 Å². The number of aryl methyl sites for hydroxylation is 2. The fraction of sp³-hybridized carbons (Fsp3) is 0.320. The molecule has 2 aromatic carbocycles. The van der Waals surface area contributed by atoms with Crippen LogP contribution in [0.1, 0.15) is 17.7 Å². The molecule has 186 valence electrons. The molecule has 36 heavy (non-hydrogen) atoms. The highest BCUT2D eigenvalue weighted by Crippen LogP contribution is 2.62. The van der Waals surface area contributed by atoms with Crippen LogP contribution in [0, 0.1) is 18.3 Å². The van der Waals surface area contributed by atoms with E-state index in [1.165, 1.54) is 0 Å². The molecule has 0 N–H and O–H groups in total. The molecule has 1 fully saturated rings. The lowest BCUT2D eigenvalue weighted by atomic mass is 10.2. The number of ether oxygens (including phenoxy) is 1. The Morgan fingerprint density at radius 2 is 1.78 bits per heavy atom. The Labute approximate surface area is 220 Å². The molecule has 1 aromatic heterocycles. The smallest absolute Gasteiger partial charge is 0.165 e. The van der Waals surface area contributed by atoms with E-state index in [2.05, 4.69) is 15.4 Å². The van der Waals surface area contributed by atoms with Crippen LogP contribution in [0.3, 0.4) is 0 Å². The molecule has 0 bridgehead atoms. The number of fused-ring (bicyclic) bond motifs is 1. The van der Waals surface area contributed by atoms with E-state index in [1.807, 2.05) is 67.2 Å². The van der Waals surface area contributed by atoms with Crippen LogP contribution >= 0.6 is 30.6 Å². The summed E-state index contributed by atoms with van der Waals surface area (Å²) in [7, 11) is -0.707. The van der Waals surface area contributed by atoms with Gasteiger partial charge in [-0.15, -0.1) is 0 Å². The first-order valence-corrected chi connectivity index (χ1v) is 14.1. The van der Waals surface area contributed by atoms with E-state index in [1.54, 1.807) is 0 Å². The van der Waals surface area contributed by atoms with Gasteiger partial charge in [-0.2, -0.15) is 10.4 Å². The van der Waals surface area contributed by atoms with Crippen LogP contribution in [-0.2, 0) is 11.3 Å². The van der Waals surface area contributed by atoms with Crippen LogP contribution < -0.4 is 5.30 Å². The molecule has 2 aliphatic rings. The second-order valence-electron chi connectivity index (χ2n) is 8.52. The van der Waals surface area contributed by atoms with E-state index in [0.717, 1.165) is 28.2 Å². The van der Waals surface area contributed by atoms with Crippen LogP contribution in [0.4, 0.5) is 11.5 Å². The minimum absolute atomic E-state index is 0.329. The summed E-state index contributed by atoms with van der Waals surface area (Å²) in [4.78, 5) is 5.12. The van der Waals surface area contributed by atoms with Gasteiger partial charge in [0.05, 0.1) is 53.3 Å². The lowest BCUT2D eigenvalue weighted by Crippen LogP contribution is -2.45. The molecule has 3 heterocycles. The van der Waals surface area contributed by atoms with Crippen molar-refractivity contribution in [2.45, 2.75) is 19.9 Å². The molecule has 1 atom stereocenters. The first-order chi connectivity index (χ1) is 17.5. The van der Waals surface area contributed by atoms with Gasteiger partial charge in [0, 0.05) is 25.7 Å². The minimum atomic E-state index is -2.75. The average molecular weight is 542 g/mol. The van der Waals surface area contributed by atoms with Crippen LogP contribution in [0.15, 0.2) is 58.3 Å². The molecule has 2 aliphatic heterocycles. The number of morpholine rings is 1. The van der Waals surface area contributed by atoms with Crippen LogP contribution in [0.25, 0.3) is 0 Å². The molecule has 0 amide bonds. The Kier molecular flexibility index (Phi) is 7.21. The van der Waals surface area contributed by atoms with Crippen molar-refractivity contribution in [3.05, 3.63) is 69.8 Å². The number of hydrogen-bond acceptors (Lipinski definition) is 5. The molecule has 0 unspecified atom stereocenters. The highest BCUT2D eigenvalue weighted by molar-refractivity contribution is 7.70. The predicted octanol–water partition coefficient (Wildman–Crippen LogP) is 5.76. The molecule has 8 nitrogen and oxygen atoms in total. The maximum absolute atomic E-state index is 9.27. The van der Waals surface area contributed by atoms with Crippen molar-refractivity contribution in [2.24, 2.45) is 9.74 Å². The maximum Gasteiger partial charge on any atom is 0.165 e. The van der Waals surface area contributed by atoms with Gasteiger partial charge < -0.3 is 9.41 Å². The summed E-state index contributed by atoms with van der Waals surface area (Å²) >= 11 is 13.4. The highest BCUT2D eigenvalue weighted by atomic mass is 35.5. The van der Waals surface area contributed by atoms with Crippen LogP contribution in [-0.4, -0.2) is 58.3 Å². The molecule has 0 aliphatic carbocycles. The predicted molar refractivity (Wildman–Crippen MR) is 145 cm³/mol. The maximum atomic E-state index is 9.27. The number of amidine groups is 1. The standard InChI is InChI=1S/C25H26Cl2N7OP/c1-18-23-25(34(30-18)13-7-12-28)29-24(19-8-4-3-5-9-19)32(2)36(23,33-14-16-35-17-15-33)31-22-20(26)10-6-11-21(22)27/h3-6,8-11H,7,13-17H2,1-2H3/t36-/m0/s1. The van der Waals surface area contributed by atoms with Crippen LogP contribution in [0.2, 0.25) is 10.0 Å². The zero-order chi connectivity index (χ0) is 25.3.